The van der Waals surface area contributed by atoms with Gasteiger partial charge in [-0.3, -0.25) is 4.79 Å². The molecule has 0 spiro atoms. The van der Waals surface area contributed by atoms with E-state index in [-0.39, 0.29) is 23.6 Å². The predicted octanol–water partition coefficient (Wildman–Crippen LogP) is 3.47. The van der Waals surface area contributed by atoms with Crippen molar-refractivity contribution in [2.24, 2.45) is 5.92 Å². The Kier molecular flexibility index (Phi) is 4.52. The number of carbonyl (C=O) groups excluding carboxylic acids is 1. The molecule has 1 N–H and O–H groups in total. The fourth-order valence-corrected chi connectivity index (χ4v) is 3.30. The van der Waals surface area contributed by atoms with Crippen LogP contribution in [0.15, 0.2) is 67.0 Å². The zero-order valence-electron chi connectivity index (χ0n) is 14.3. The van der Waals surface area contributed by atoms with Crippen molar-refractivity contribution >= 4 is 5.91 Å². The lowest BCUT2D eigenvalue weighted by Crippen LogP contribution is -2.27. The summed E-state index contributed by atoms with van der Waals surface area (Å²) in [5.41, 5.74) is 2.82. The number of halogens is 1. The Morgan fingerprint density at radius 3 is 2.69 bits per heavy atom. The van der Waals surface area contributed by atoms with E-state index in [0.717, 1.165) is 24.1 Å². The van der Waals surface area contributed by atoms with Crippen LogP contribution in [0, 0.1) is 11.7 Å². The molecule has 4 nitrogen and oxygen atoms in total. The molecule has 3 aromatic rings. The molecule has 1 saturated carbocycles. The fraction of sp³-hybridized carbons (Fsp3) is 0.238. The maximum Gasteiger partial charge on any atom is 0.223 e. The second-order valence-corrected chi connectivity index (χ2v) is 6.63. The summed E-state index contributed by atoms with van der Waals surface area (Å²) in [6.45, 7) is 0.584. The predicted molar refractivity (Wildman–Crippen MR) is 97.5 cm³/mol. The molecule has 1 aliphatic carbocycles. The Morgan fingerprint density at radius 1 is 1.15 bits per heavy atom. The van der Waals surface area contributed by atoms with Crippen LogP contribution < -0.4 is 5.32 Å². The molecule has 0 bridgehead atoms. The topological polar surface area (TPSA) is 46.9 Å². The van der Waals surface area contributed by atoms with Crippen molar-refractivity contribution in [3.8, 4) is 5.69 Å². The first-order chi connectivity index (χ1) is 12.7. The fourth-order valence-electron chi connectivity index (χ4n) is 3.30. The molecule has 1 heterocycles. The molecule has 0 radical (unpaired) electrons. The van der Waals surface area contributed by atoms with E-state index >= 15 is 0 Å². The normalized spacial score (nSPS) is 18.5. The summed E-state index contributed by atoms with van der Waals surface area (Å²) in [4.78, 5) is 12.3. The zero-order valence-corrected chi connectivity index (χ0v) is 14.3. The van der Waals surface area contributed by atoms with E-state index in [1.165, 1.54) is 6.07 Å². The van der Waals surface area contributed by atoms with E-state index in [0.29, 0.717) is 12.1 Å². The monoisotopic (exact) mass is 349 g/mol. The van der Waals surface area contributed by atoms with Gasteiger partial charge in [0.2, 0.25) is 5.91 Å². The highest BCUT2D eigenvalue weighted by molar-refractivity contribution is 5.82. The average Bonchev–Trinajstić information content (AvgIpc) is 3.26. The number of amides is 1. The number of aromatic nitrogens is 2. The number of rotatable bonds is 6. The molecular formula is C21H20FN3O. The molecule has 2 atom stereocenters. The molecule has 0 saturated heterocycles. The van der Waals surface area contributed by atoms with Crippen LogP contribution in [0.3, 0.4) is 0 Å². The zero-order chi connectivity index (χ0) is 17.9. The molecule has 0 aliphatic heterocycles. The second-order valence-electron chi connectivity index (χ2n) is 6.63. The van der Waals surface area contributed by atoms with Crippen molar-refractivity contribution in [3.63, 3.8) is 0 Å². The van der Waals surface area contributed by atoms with Gasteiger partial charge in [-0.25, -0.2) is 9.07 Å². The molecule has 1 aliphatic rings. The lowest BCUT2D eigenvalue weighted by atomic mass is 10.1. The van der Waals surface area contributed by atoms with Crippen LogP contribution in [0.25, 0.3) is 5.69 Å². The van der Waals surface area contributed by atoms with Gasteiger partial charge in [0.25, 0.3) is 0 Å². The number of hydrogen-bond acceptors (Lipinski definition) is 2. The van der Waals surface area contributed by atoms with Gasteiger partial charge in [0.1, 0.15) is 5.82 Å². The Bertz CT molecular complexity index is 890. The number of benzene rings is 2. The van der Waals surface area contributed by atoms with Gasteiger partial charge in [0.15, 0.2) is 0 Å². The lowest BCUT2D eigenvalue weighted by Gasteiger charge is -2.07. The van der Waals surface area contributed by atoms with Crippen molar-refractivity contribution in [2.45, 2.75) is 18.8 Å². The maximum absolute atomic E-state index is 13.8. The minimum Gasteiger partial charge on any atom is -0.356 e. The molecule has 2 aromatic carbocycles. The Labute approximate surface area is 151 Å². The highest BCUT2D eigenvalue weighted by atomic mass is 19.1. The first kappa shape index (κ1) is 16.5. The Balaban J connectivity index is 1.26. The summed E-state index contributed by atoms with van der Waals surface area (Å²) >= 11 is 0. The summed E-state index contributed by atoms with van der Waals surface area (Å²) in [7, 11) is 0. The summed E-state index contributed by atoms with van der Waals surface area (Å²) in [6, 6.07) is 16.7. The van der Waals surface area contributed by atoms with Gasteiger partial charge in [-0.15, -0.1) is 0 Å². The Morgan fingerprint density at radius 2 is 1.96 bits per heavy atom. The molecular weight excluding hydrogens is 329 g/mol. The van der Waals surface area contributed by atoms with Crippen LogP contribution >= 0.6 is 0 Å². The summed E-state index contributed by atoms with van der Waals surface area (Å²) < 4.78 is 15.6. The van der Waals surface area contributed by atoms with E-state index in [1.807, 2.05) is 47.3 Å². The van der Waals surface area contributed by atoms with E-state index in [9.17, 15) is 9.18 Å². The van der Waals surface area contributed by atoms with E-state index in [2.05, 4.69) is 10.4 Å². The number of nitrogens with zero attached hydrogens (tertiary/aromatic N) is 2. The van der Waals surface area contributed by atoms with Crippen LogP contribution in [0.4, 0.5) is 4.39 Å². The van der Waals surface area contributed by atoms with Gasteiger partial charge in [-0.2, -0.15) is 5.10 Å². The van der Waals surface area contributed by atoms with Gasteiger partial charge in [0, 0.05) is 24.9 Å². The Hall–Kier alpha value is -2.95. The molecule has 26 heavy (non-hydrogen) atoms. The van der Waals surface area contributed by atoms with Crippen molar-refractivity contribution in [2.75, 3.05) is 6.54 Å². The smallest absolute Gasteiger partial charge is 0.223 e. The van der Waals surface area contributed by atoms with Gasteiger partial charge < -0.3 is 5.32 Å². The van der Waals surface area contributed by atoms with Crippen molar-refractivity contribution in [1.82, 2.24) is 15.1 Å². The average molecular weight is 349 g/mol. The SMILES string of the molecule is O=C(NCCc1ccc(-n2cccn2)cc1)C1CC1c1ccccc1F. The summed E-state index contributed by atoms with van der Waals surface area (Å²) in [5, 5.41) is 7.17. The third-order valence-corrected chi connectivity index (χ3v) is 4.85. The number of carbonyl (C=O) groups is 1. The van der Waals surface area contributed by atoms with E-state index < -0.39 is 0 Å². The van der Waals surface area contributed by atoms with Crippen LogP contribution in [0.5, 0.6) is 0 Å². The van der Waals surface area contributed by atoms with Crippen LogP contribution in [-0.2, 0) is 11.2 Å². The van der Waals surface area contributed by atoms with Gasteiger partial charge in [-0.05, 0) is 54.2 Å². The van der Waals surface area contributed by atoms with Gasteiger partial charge in [-0.1, -0.05) is 30.3 Å². The first-order valence-electron chi connectivity index (χ1n) is 8.83. The number of hydrogen-bond donors (Lipinski definition) is 1. The minimum atomic E-state index is -0.218. The standard InChI is InChI=1S/C21H20FN3O/c22-20-5-2-1-4-17(20)18-14-19(18)21(26)23-12-10-15-6-8-16(9-7-15)25-13-3-11-24-25/h1-9,11,13,18-19H,10,12,14H2,(H,23,26). The molecule has 2 unspecified atom stereocenters. The van der Waals surface area contributed by atoms with Crippen LogP contribution in [0.2, 0.25) is 0 Å². The number of nitrogens with one attached hydrogen (secondary N) is 1. The molecule has 132 valence electrons. The van der Waals surface area contributed by atoms with Crippen molar-refractivity contribution in [3.05, 3.63) is 83.9 Å². The van der Waals surface area contributed by atoms with Gasteiger partial charge >= 0.3 is 0 Å². The molecule has 1 aromatic heterocycles. The second kappa shape index (κ2) is 7.12. The highest BCUT2D eigenvalue weighted by Gasteiger charge is 2.44. The van der Waals surface area contributed by atoms with E-state index in [1.54, 1.807) is 18.3 Å². The molecule has 1 amide bonds. The summed E-state index contributed by atoms with van der Waals surface area (Å²) in [5.74, 6) is -0.282. The minimum absolute atomic E-state index is 0.0181. The molecule has 4 rings (SSSR count). The van der Waals surface area contributed by atoms with Gasteiger partial charge in [0.05, 0.1) is 5.69 Å². The van der Waals surface area contributed by atoms with Crippen molar-refractivity contribution in [1.29, 1.82) is 0 Å². The lowest BCUT2D eigenvalue weighted by molar-refractivity contribution is -0.122. The summed E-state index contributed by atoms with van der Waals surface area (Å²) in [6.07, 6.45) is 5.14. The largest absolute Gasteiger partial charge is 0.356 e. The van der Waals surface area contributed by atoms with Crippen LogP contribution in [0.1, 0.15) is 23.5 Å². The first-order valence-corrected chi connectivity index (χ1v) is 8.83. The van der Waals surface area contributed by atoms with Crippen LogP contribution in [-0.4, -0.2) is 22.2 Å². The third kappa shape index (κ3) is 3.52. The highest BCUT2D eigenvalue weighted by Crippen LogP contribution is 2.48. The third-order valence-electron chi connectivity index (χ3n) is 4.85. The maximum atomic E-state index is 13.8. The quantitative estimate of drug-likeness (QED) is 0.741. The van der Waals surface area contributed by atoms with E-state index in [4.69, 9.17) is 0 Å². The molecule has 1 fully saturated rings. The molecule has 5 heteroatoms. The van der Waals surface area contributed by atoms with Crippen molar-refractivity contribution < 1.29 is 9.18 Å².